The van der Waals surface area contributed by atoms with Gasteiger partial charge >= 0.3 is 11.9 Å². The van der Waals surface area contributed by atoms with E-state index >= 15 is 0 Å². The lowest BCUT2D eigenvalue weighted by Crippen LogP contribution is -2.48. The maximum atomic E-state index is 13.3. The molecule has 1 saturated heterocycles. The van der Waals surface area contributed by atoms with Gasteiger partial charge in [-0.1, -0.05) is 64.0 Å². The van der Waals surface area contributed by atoms with E-state index in [2.05, 4.69) is 20.9 Å². The molecule has 0 saturated carbocycles. The van der Waals surface area contributed by atoms with Crippen LogP contribution in [0.15, 0.2) is 71.3 Å². The fourth-order valence-electron chi connectivity index (χ4n) is 4.89. The van der Waals surface area contributed by atoms with Crippen LogP contribution in [0, 0.1) is 12.8 Å². The van der Waals surface area contributed by atoms with E-state index in [0.717, 1.165) is 22.0 Å². The van der Waals surface area contributed by atoms with Gasteiger partial charge in [0.05, 0.1) is 6.61 Å². The number of aryl methyl sites for hydroxylation is 1. The molecular weight excluding hydrogens is 562 g/mol. The molecule has 0 spiro atoms. The topological polar surface area (TPSA) is 86.9 Å². The van der Waals surface area contributed by atoms with E-state index < -0.39 is 29.6 Å². The average molecular weight is 592 g/mol. The Balaban J connectivity index is 1.60. The van der Waals surface area contributed by atoms with Gasteiger partial charge in [-0.15, -0.1) is 0 Å². The lowest BCUT2D eigenvalue weighted by Gasteiger charge is -2.36. The second-order valence-electron chi connectivity index (χ2n) is 10.0. The molecule has 8 heteroatoms. The number of fused-ring (bicyclic) bond motifs is 1. The molecule has 1 N–H and O–H groups in total. The number of rotatable bonds is 8. The van der Waals surface area contributed by atoms with Crippen molar-refractivity contribution in [3.8, 4) is 11.5 Å². The predicted molar refractivity (Wildman–Crippen MR) is 151 cm³/mol. The molecule has 39 heavy (non-hydrogen) atoms. The number of carbonyl (C=O) groups is 2. The number of cyclic esters (lactones) is 2. The highest BCUT2D eigenvalue weighted by Gasteiger charge is 2.49. The van der Waals surface area contributed by atoms with Crippen LogP contribution in [0.4, 0.5) is 0 Å². The Bertz CT molecular complexity index is 1500. The summed E-state index contributed by atoms with van der Waals surface area (Å²) < 4.78 is 23.9. The highest BCUT2D eigenvalue weighted by molar-refractivity contribution is 9.10. The third-order valence-corrected chi connectivity index (χ3v) is 7.39. The van der Waals surface area contributed by atoms with Crippen molar-refractivity contribution in [3.05, 3.63) is 93.6 Å². The van der Waals surface area contributed by atoms with E-state index in [-0.39, 0.29) is 0 Å². The number of halogens is 1. The molecule has 5 rings (SSSR count). The Hall–Kier alpha value is -3.78. The number of esters is 2. The summed E-state index contributed by atoms with van der Waals surface area (Å²) in [5.74, 6) is -3.52. The molecule has 1 aromatic heterocycles. The van der Waals surface area contributed by atoms with Crippen molar-refractivity contribution in [1.29, 1.82) is 0 Å². The average Bonchev–Trinajstić information content (AvgIpc) is 3.31. The highest BCUT2D eigenvalue weighted by Crippen LogP contribution is 2.46. The molecule has 1 aliphatic rings. The number of nitrogens with one attached hydrogen (secondary N) is 1. The second-order valence-corrected chi connectivity index (χ2v) is 10.9. The molecule has 3 aromatic carbocycles. The van der Waals surface area contributed by atoms with Gasteiger partial charge in [0.25, 0.3) is 5.79 Å². The number of para-hydroxylation sites is 1. The number of carbonyl (C=O) groups excluding carboxylic acids is 2. The monoisotopic (exact) mass is 591 g/mol. The van der Waals surface area contributed by atoms with Crippen LogP contribution in [0.5, 0.6) is 11.5 Å². The summed E-state index contributed by atoms with van der Waals surface area (Å²) in [6.07, 6.45) is 1.82. The lowest BCUT2D eigenvalue weighted by atomic mass is 9.79. The van der Waals surface area contributed by atoms with Crippen LogP contribution in [0.2, 0.25) is 0 Å². The molecule has 1 aliphatic heterocycles. The van der Waals surface area contributed by atoms with Gasteiger partial charge in [-0.05, 0) is 48.7 Å². The minimum atomic E-state index is -1.34. The maximum Gasteiger partial charge on any atom is 0.324 e. The first-order valence-corrected chi connectivity index (χ1v) is 13.6. The zero-order valence-electron chi connectivity index (χ0n) is 22.2. The van der Waals surface area contributed by atoms with Gasteiger partial charge in [-0.3, -0.25) is 9.59 Å². The van der Waals surface area contributed by atoms with Gasteiger partial charge in [0, 0.05) is 41.3 Å². The number of hydrogen-bond acceptors (Lipinski definition) is 6. The fraction of sp³-hybridized carbons (Fsp3) is 0.290. The van der Waals surface area contributed by atoms with Crippen LogP contribution in [0.1, 0.15) is 48.9 Å². The van der Waals surface area contributed by atoms with Crippen molar-refractivity contribution < 1.29 is 28.5 Å². The fourth-order valence-corrected chi connectivity index (χ4v) is 5.46. The minimum absolute atomic E-state index is 0.356. The Labute approximate surface area is 235 Å². The molecule has 2 heterocycles. The van der Waals surface area contributed by atoms with Crippen molar-refractivity contribution in [2.24, 2.45) is 5.92 Å². The van der Waals surface area contributed by atoms with Crippen LogP contribution in [-0.2, 0) is 25.7 Å². The molecule has 0 radical (unpaired) electrons. The first kappa shape index (κ1) is 26.8. The molecule has 7 nitrogen and oxygen atoms in total. The van der Waals surface area contributed by atoms with Gasteiger partial charge in [0.2, 0.25) is 0 Å². The predicted octanol–water partition coefficient (Wildman–Crippen LogP) is 6.80. The number of aromatic amines is 1. The summed E-state index contributed by atoms with van der Waals surface area (Å²) in [5.41, 5.74) is 4.52. The summed E-state index contributed by atoms with van der Waals surface area (Å²) >= 11 is 3.70. The molecule has 4 aromatic rings. The zero-order valence-corrected chi connectivity index (χ0v) is 23.8. The standard InChI is InChI=1S/C31H30BrNO6/c1-5-36-25-14-21(23(32)15-26(25)37-17-19-12-10-18(2)11-13-19)27(22-16-33-24-9-7-6-8-20(22)24)28-29(34)38-31(3,4)39-30(28)35/h6-16,27-28,33H,5,17H2,1-4H3/t27-/m0/s1. The Morgan fingerprint density at radius 1 is 0.949 bits per heavy atom. The molecule has 0 bridgehead atoms. The van der Waals surface area contributed by atoms with E-state index in [0.29, 0.717) is 34.7 Å². The highest BCUT2D eigenvalue weighted by atomic mass is 79.9. The first-order valence-electron chi connectivity index (χ1n) is 12.8. The van der Waals surface area contributed by atoms with Gasteiger partial charge in [-0.25, -0.2) is 0 Å². The maximum absolute atomic E-state index is 13.3. The second kappa shape index (κ2) is 10.8. The van der Waals surface area contributed by atoms with Crippen molar-refractivity contribution in [2.45, 2.75) is 46.0 Å². The molecule has 1 fully saturated rings. The first-order chi connectivity index (χ1) is 18.7. The van der Waals surface area contributed by atoms with E-state index in [4.69, 9.17) is 18.9 Å². The number of aromatic nitrogens is 1. The van der Waals surface area contributed by atoms with Gasteiger partial charge in [-0.2, -0.15) is 0 Å². The van der Waals surface area contributed by atoms with Crippen LogP contribution in [0.3, 0.4) is 0 Å². The van der Waals surface area contributed by atoms with E-state index in [1.807, 2.05) is 80.7 Å². The van der Waals surface area contributed by atoms with Crippen LogP contribution < -0.4 is 9.47 Å². The zero-order chi connectivity index (χ0) is 27.7. The Morgan fingerprint density at radius 2 is 1.62 bits per heavy atom. The van der Waals surface area contributed by atoms with Gasteiger partial charge in [0.1, 0.15) is 6.61 Å². The van der Waals surface area contributed by atoms with Crippen molar-refractivity contribution >= 4 is 38.8 Å². The molecule has 0 aliphatic carbocycles. The summed E-state index contributed by atoms with van der Waals surface area (Å²) in [5, 5.41) is 0.887. The van der Waals surface area contributed by atoms with E-state index in [9.17, 15) is 9.59 Å². The molecule has 0 amide bonds. The lowest BCUT2D eigenvalue weighted by molar-refractivity contribution is -0.240. The summed E-state index contributed by atoms with van der Waals surface area (Å²) in [6.45, 7) is 7.78. The van der Waals surface area contributed by atoms with Gasteiger partial charge in [0.15, 0.2) is 17.4 Å². The number of ether oxygens (including phenoxy) is 4. The van der Waals surface area contributed by atoms with Crippen molar-refractivity contribution in [2.75, 3.05) is 6.61 Å². The van der Waals surface area contributed by atoms with Crippen LogP contribution in [0.25, 0.3) is 10.9 Å². The quantitative estimate of drug-likeness (QED) is 0.179. The summed E-state index contributed by atoms with van der Waals surface area (Å²) in [7, 11) is 0. The number of hydrogen-bond donors (Lipinski definition) is 1. The van der Waals surface area contributed by atoms with Crippen LogP contribution in [-0.4, -0.2) is 29.3 Å². The Kier molecular flexibility index (Phi) is 7.40. The molecule has 202 valence electrons. The van der Waals surface area contributed by atoms with Crippen LogP contribution >= 0.6 is 15.9 Å². The van der Waals surface area contributed by atoms with Gasteiger partial charge < -0.3 is 23.9 Å². The third-order valence-electron chi connectivity index (χ3n) is 6.70. The molecule has 1 atom stereocenters. The van der Waals surface area contributed by atoms with E-state index in [1.54, 1.807) is 13.8 Å². The molecular formula is C31H30BrNO6. The summed E-state index contributed by atoms with van der Waals surface area (Å²) in [6, 6.07) is 19.5. The number of benzene rings is 3. The largest absolute Gasteiger partial charge is 0.490 e. The normalized spacial score (nSPS) is 16.0. The third kappa shape index (κ3) is 5.52. The SMILES string of the molecule is CCOc1cc([C@@H](c2c[nH]c3ccccc23)C2C(=O)OC(C)(C)OC2=O)c(Br)cc1OCc1ccc(C)cc1. The smallest absolute Gasteiger partial charge is 0.324 e. The van der Waals surface area contributed by atoms with Crippen molar-refractivity contribution in [1.82, 2.24) is 4.98 Å². The summed E-state index contributed by atoms with van der Waals surface area (Å²) in [4.78, 5) is 29.9. The minimum Gasteiger partial charge on any atom is -0.490 e. The van der Waals surface area contributed by atoms with E-state index in [1.165, 1.54) is 5.56 Å². The number of H-pyrrole nitrogens is 1. The Morgan fingerprint density at radius 3 is 2.31 bits per heavy atom. The molecule has 0 unspecified atom stereocenters. The van der Waals surface area contributed by atoms with Crippen molar-refractivity contribution in [3.63, 3.8) is 0 Å².